The third kappa shape index (κ3) is 4.51. The molecular formula is C14H24N2O4. The molecule has 0 aliphatic heterocycles. The number of rotatable bonds is 5. The Morgan fingerprint density at radius 2 is 1.70 bits per heavy atom. The zero-order chi connectivity index (χ0) is 15.2. The molecule has 1 unspecified atom stereocenters. The quantitative estimate of drug-likeness (QED) is 0.658. The predicted molar refractivity (Wildman–Crippen MR) is 74.1 cm³/mol. The average molecular weight is 284 g/mol. The Labute approximate surface area is 119 Å². The lowest BCUT2D eigenvalue weighted by Crippen LogP contribution is -2.49. The Morgan fingerprint density at radius 3 is 2.15 bits per heavy atom. The number of carbonyl (C=O) groups is 3. The molecule has 6 heteroatoms. The Balaban J connectivity index is 2.60. The first-order chi connectivity index (χ1) is 9.37. The molecule has 1 aliphatic rings. The fourth-order valence-electron chi connectivity index (χ4n) is 2.65. The predicted octanol–water partition coefficient (Wildman–Crippen LogP) is 1.05. The van der Waals surface area contributed by atoms with Crippen LogP contribution in [0.4, 0.5) is 0 Å². The van der Waals surface area contributed by atoms with E-state index in [0.717, 1.165) is 25.7 Å². The Hall–Kier alpha value is -1.59. The lowest BCUT2D eigenvalue weighted by atomic mass is 9.80. The Bertz CT molecular complexity index is 373. The van der Waals surface area contributed by atoms with E-state index in [2.05, 4.69) is 10.6 Å². The smallest absolute Gasteiger partial charge is 0.311 e. The van der Waals surface area contributed by atoms with Gasteiger partial charge in [-0.15, -0.1) is 0 Å². The van der Waals surface area contributed by atoms with Crippen LogP contribution >= 0.6 is 0 Å². The molecular weight excluding hydrogens is 260 g/mol. The van der Waals surface area contributed by atoms with Gasteiger partial charge in [-0.1, -0.05) is 25.7 Å². The summed E-state index contributed by atoms with van der Waals surface area (Å²) in [5.74, 6) is -1.47. The molecule has 0 bridgehead atoms. The van der Waals surface area contributed by atoms with Gasteiger partial charge in [-0.25, -0.2) is 0 Å². The molecule has 0 saturated heterocycles. The van der Waals surface area contributed by atoms with Crippen LogP contribution in [0.3, 0.4) is 0 Å². The average Bonchev–Trinajstić information content (AvgIpc) is 2.61. The molecule has 20 heavy (non-hydrogen) atoms. The number of amides is 2. The van der Waals surface area contributed by atoms with Crippen molar-refractivity contribution in [1.29, 1.82) is 0 Å². The molecule has 0 aromatic heterocycles. The van der Waals surface area contributed by atoms with Crippen molar-refractivity contribution < 1.29 is 19.5 Å². The summed E-state index contributed by atoms with van der Waals surface area (Å²) in [5.41, 5.74) is -0.859. The molecule has 1 rings (SSSR count). The third-order valence-electron chi connectivity index (χ3n) is 3.93. The van der Waals surface area contributed by atoms with Crippen LogP contribution in [0.15, 0.2) is 0 Å². The normalized spacial score (nSPS) is 19.5. The van der Waals surface area contributed by atoms with Gasteiger partial charge in [0.1, 0.15) is 6.04 Å². The molecule has 0 radical (unpaired) electrons. The maximum absolute atomic E-state index is 11.9. The SMILES string of the molecule is CC(=O)NC(C)C(=O)NCC1(C(=O)O)CCCCCC1. The molecule has 1 saturated carbocycles. The van der Waals surface area contributed by atoms with Gasteiger partial charge >= 0.3 is 5.97 Å². The van der Waals surface area contributed by atoms with Gasteiger partial charge in [0.15, 0.2) is 0 Å². The van der Waals surface area contributed by atoms with E-state index in [0.29, 0.717) is 12.8 Å². The van der Waals surface area contributed by atoms with Gasteiger partial charge in [0.25, 0.3) is 0 Å². The summed E-state index contributed by atoms with van der Waals surface area (Å²) in [6, 6.07) is -0.649. The standard InChI is InChI=1S/C14H24N2O4/c1-10(16-11(2)17)12(18)15-9-14(13(19)20)7-5-3-4-6-8-14/h10H,3-9H2,1-2H3,(H,15,18)(H,16,17)(H,19,20). The van der Waals surface area contributed by atoms with Crippen LogP contribution in [0, 0.1) is 5.41 Å². The lowest BCUT2D eigenvalue weighted by molar-refractivity contribution is -0.150. The van der Waals surface area contributed by atoms with Crippen molar-refractivity contribution in [3.63, 3.8) is 0 Å². The highest BCUT2D eigenvalue weighted by Gasteiger charge is 2.39. The van der Waals surface area contributed by atoms with Gasteiger partial charge in [-0.2, -0.15) is 0 Å². The van der Waals surface area contributed by atoms with Crippen molar-refractivity contribution in [2.75, 3.05) is 6.54 Å². The highest BCUT2D eigenvalue weighted by molar-refractivity contribution is 5.87. The van der Waals surface area contributed by atoms with E-state index in [1.807, 2.05) is 0 Å². The van der Waals surface area contributed by atoms with Crippen LogP contribution in [0.5, 0.6) is 0 Å². The number of nitrogens with one attached hydrogen (secondary N) is 2. The van der Waals surface area contributed by atoms with Gasteiger partial charge in [0.2, 0.25) is 11.8 Å². The minimum Gasteiger partial charge on any atom is -0.481 e. The van der Waals surface area contributed by atoms with E-state index in [4.69, 9.17) is 0 Å². The lowest BCUT2D eigenvalue weighted by Gasteiger charge is -2.28. The van der Waals surface area contributed by atoms with E-state index in [1.54, 1.807) is 6.92 Å². The molecule has 0 spiro atoms. The summed E-state index contributed by atoms with van der Waals surface area (Å²) in [5, 5.41) is 14.6. The highest BCUT2D eigenvalue weighted by atomic mass is 16.4. The minimum absolute atomic E-state index is 0.130. The number of carbonyl (C=O) groups excluding carboxylic acids is 2. The fraction of sp³-hybridized carbons (Fsp3) is 0.786. The van der Waals surface area contributed by atoms with Gasteiger partial charge in [-0.05, 0) is 19.8 Å². The number of carboxylic acids is 1. The number of hydrogen-bond donors (Lipinski definition) is 3. The number of carboxylic acid groups (broad SMARTS) is 1. The first-order valence-electron chi connectivity index (χ1n) is 7.15. The van der Waals surface area contributed by atoms with E-state index in [9.17, 15) is 19.5 Å². The Kier molecular flexibility index (Phi) is 5.98. The molecule has 6 nitrogen and oxygen atoms in total. The molecule has 0 aromatic carbocycles. The maximum Gasteiger partial charge on any atom is 0.311 e. The van der Waals surface area contributed by atoms with Crippen molar-refractivity contribution in [3.8, 4) is 0 Å². The first kappa shape index (κ1) is 16.5. The zero-order valence-corrected chi connectivity index (χ0v) is 12.2. The van der Waals surface area contributed by atoms with E-state index >= 15 is 0 Å². The van der Waals surface area contributed by atoms with Crippen LogP contribution in [0.1, 0.15) is 52.4 Å². The summed E-state index contributed by atoms with van der Waals surface area (Å²) < 4.78 is 0. The Morgan fingerprint density at radius 1 is 1.15 bits per heavy atom. The van der Waals surface area contributed by atoms with Gasteiger partial charge in [0, 0.05) is 13.5 Å². The molecule has 1 atom stereocenters. The molecule has 3 N–H and O–H groups in total. The van der Waals surface area contributed by atoms with E-state index < -0.39 is 17.4 Å². The summed E-state index contributed by atoms with van der Waals surface area (Å²) >= 11 is 0. The zero-order valence-electron chi connectivity index (χ0n) is 12.2. The monoisotopic (exact) mass is 284 g/mol. The highest BCUT2D eigenvalue weighted by Crippen LogP contribution is 2.34. The van der Waals surface area contributed by atoms with Crippen LogP contribution < -0.4 is 10.6 Å². The molecule has 0 heterocycles. The van der Waals surface area contributed by atoms with E-state index in [1.165, 1.54) is 6.92 Å². The molecule has 1 aliphatic carbocycles. The topological polar surface area (TPSA) is 95.5 Å². The number of aliphatic carboxylic acids is 1. The van der Waals surface area contributed by atoms with Crippen LogP contribution in [-0.4, -0.2) is 35.5 Å². The van der Waals surface area contributed by atoms with Crippen LogP contribution in [0.2, 0.25) is 0 Å². The molecule has 0 aromatic rings. The third-order valence-corrected chi connectivity index (χ3v) is 3.93. The maximum atomic E-state index is 11.9. The van der Waals surface area contributed by atoms with Gasteiger partial charge < -0.3 is 15.7 Å². The van der Waals surface area contributed by atoms with Crippen molar-refractivity contribution >= 4 is 17.8 Å². The second-order valence-electron chi connectivity index (χ2n) is 5.64. The first-order valence-corrected chi connectivity index (χ1v) is 7.15. The van der Waals surface area contributed by atoms with Crippen LogP contribution in [0.25, 0.3) is 0 Å². The summed E-state index contributed by atoms with van der Waals surface area (Å²) in [6.07, 6.45) is 5.04. The van der Waals surface area contributed by atoms with Gasteiger partial charge in [0.05, 0.1) is 5.41 Å². The van der Waals surface area contributed by atoms with Crippen molar-refractivity contribution in [2.24, 2.45) is 5.41 Å². The molecule has 1 fully saturated rings. The minimum atomic E-state index is -0.859. The summed E-state index contributed by atoms with van der Waals surface area (Å²) in [6.45, 7) is 3.05. The van der Waals surface area contributed by atoms with E-state index in [-0.39, 0.29) is 18.4 Å². The summed E-state index contributed by atoms with van der Waals surface area (Å²) in [4.78, 5) is 34.3. The molecule has 114 valence electrons. The molecule has 2 amide bonds. The second-order valence-corrected chi connectivity index (χ2v) is 5.64. The largest absolute Gasteiger partial charge is 0.481 e. The second kappa shape index (κ2) is 7.26. The van der Waals surface area contributed by atoms with Crippen molar-refractivity contribution in [2.45, 2.75) is 58.4 Å². The van der Waals surface area contributed by atoms with Crippen molar-refractivity contribution in [3.05, 3.63) is 0 Å². The summed E-state index contributed by atoms with van der Waals surface area (Å²) in [7, 11) is 0. The van der Waals surface area contributed by atoms with Crippen molar-refractivity contribution in [1.82, 2.24) is 10.6 Å². The van der Waals surface area contributed by atoms with Gasteiger partial charge in [-0.3, -0.25) is 14.4 Å². The van der Waals surface area contributed by atoms with Crippen LogP contribution in [-0.2, 0) is 14.4 Å². The fourth-order valence-corrected chi connectivity index (χ4v) is 2.65. The number of hydrogen-bond acceptors (Lipinski definition) is 3.